The van der Waals surface area contributed by atoms with Crippen LogP contribution < -0.4 is 10.3 Å². The summed E-state index contributed by atoms with van der Waals surface area (Å²) in [7, 11) is 1.61. The molecule has 100 valence electrons. The van der Waals surface area contributed by atoms with Gasteiger partial charge < -0.3 is 9.72 Å². The normalized spacial score (nSPS) is 10.7. The van der Waals surface area contributed by atoms with Crippen molar-refractivity contribution in [3.63, 3.8) is 0 Å². The van der Waals surface area contributed by atoms with Gasteiger partial charge in [-0.1, -0.05) is 30.3 Å². The Morgan fingerprint density at radius 3 is 2.75 bits per heavy atom. The van der Waals surface area contributed by atoms with Gasteiger partial charge in [0.15, 0.2) is 0 Å². The summed E-state index contributed by atoms with van der Waals surface area (Å²) in [6.45, 7) is 0. The average Bonchev–Trinajstić information content (AvgIpc) is 2.49. The van der Waals surface area contributed by atoms with E-state index in [1.54, 1.807) is 13.3 Å². The van der Waals surface area contributed by atoms with E-state index >= 15 is 0 Å². The molecule has 20 heavy (non-hydrogen) atoms. The van der Waals surface area contributed by atoms with Gasteiger partial charge in [-0.2, -0.15) is 0 Å². The van der Waals surface area contributed by atoms with Crippen molar-refractivity contribution < 1.29 is 4.74 Å². The number of H-pyrrole nitrogens is 1. The number of nitrogens with zero attached hydrogens (tertiary/aromatic N) is 1. The maximum Gasteiger partial charge on any atom is 0.264 e. The minimum Gasteiger partial charge on any atom is -0.496 e. The molecule has 0 aliphatic carbocycles. The summed E-state index contributed by atoms with van der Waals surface area (Å²) < 4.78 is 5.97. The van der Waals surface area contributed by atoms with Gasteiger partial charge in [0.1, 0.15) is 11.6 Å². The molecule has 2 aromatic carbocycles. The summed E-state index contributed by atoms with van der Waals surface area (Å²) in [5.41, 5.74) is 0.657. The summed E-state index contributed by atoms with van der Waals surface area (Å²) in [5, 5.41) is 2.07. The third-order valence-corrected chi connectivity index (χ3v) is 3.87. The first-order valence-corrected chi connectivity index (χ1v) is 7.09. The number of nitrogens with one attached hydrogen (secondary N) is 1. The van der Waals surface area contributed by atoms with Gasteiger partial charge in [-0.05, 0) is 39.4 Å². The molecule has 0 atom stereocenters. The highest BCUT2D eigenvalue weighted by molar-refractivity contribution is 14.1. The van der Waals surface area contributed by atoms with Crippen molar-refractivity contribution in [1.29, 1.82) is 0 Å². The van der Waals surface area contributed by atoms with Crippen molar-refractivity contribution in [2.75, 3.05) is 7.11 Å². The van der Waals surface area contributed by atoms with Crippen molar-refractivity contribution in [2.45, 2.75) is 0 Å². The smallest absolute Gasteiger partial charge is 0.264 e. The number of aromatic nitrogens is 2. The van der Waals surface area contributed by atoms with E-state index in [1.807, 2.05) is 59.0 Å². The quantitative estimate of drug-likeness (QED) is 0.697. The fourth-order valence-electron chi connectivity index (χ4n) is 2.17. The number of hydrogen-bond donors (Lipinski definition) is 1. The molecule has 3 aromatic rings. The predicted molar refractivity (Wildman–Crippen MR) is 87.1 cm³/mol. The lowest BCUT2D eigenvalue weighted by molar-refractivity contribution is 0.416. The van der Waals surface area contributed by atoms with Crippen LogP contribution in [0.15, 0.2) is 47.4 Å². The molecular weight excluding hydrogens is 367 g/mol. The average molecular weight is 378 g/mol. The number of methoxy groups -OCH3 is 1. The molecule has 0 aliphatic rings. The number of benzene rings is 2. The highest BCUT2D eigenvalue weighted by atomic mass is 127. The van der Waals surface area contributed by atoms with E-state index in [9.17, 15) is 4.79 Å². The molecule has 3 rings (SSSR count). The number of hydrogen-bond acceptors (Lipinski definition) is 3. The standard InChI is InChI=1S/C15H11IN2O2/c1-20-12-7-6-9-4-2-3-5-10(9)13(12)14-17-8-11(16)15(19)18-14/h2-8H,1H3,(H,17,18,19). The van der Waals surface area contributed by atoms with Crippen molar-refractivity contribution in [2.24, 2.45) is 0 Å². The zero-order valence-electron chi connectivity index (χ0n) is 10.7. The molecule has 0 unspecified atom stereocenters. The monoisotopic (exact) mass is 378 g/mol. The molecule has 1 heterocycles. The van der Waals surface area contributed by atoms with Crippen LogP contribution in [0.3, 0.4) is 0 Å². The largest absolute Gasteiger partial charge is 0.496 e. The Hall–Kier alpha value is -1.89. The van der Waals surface area contributed by atoms with Crippen molar-refractivity contribution in [3.05, 3.63) is 56.5 Å². The second kappa shape index (κ2) is 5.24. The molecule has 4 nitrogen and oxygen atoms in total. The van der Waals surface area contributed by atoms with Crippen LogP contribution in [0, 0.1) is 3.57 Å². The third-order valence-electron chi connectivity index (χ3n) is 3.10. The van der Waals surface area contributed by atoms with Crippen LogP contribution >= 0.6 is 22.6 Å². The Bertz CT molecular complexity index is 843. The minimum atomic E-state index is -0.148. The van der Waals surface area contributed by atoms with Gasteiger partial charge in [-0.15, -0.1) is 0 Å². The number of rotatable bonds is 2. The fourth-order valence-corrected chi connectivity index (χ4v) is 2.45. The summed E-state index contributed by atoms with van der Waals surface area (Å²) in [6, 6.07) is 11.8. The van der Waals surface area contributed by atoms with Gasteiger partial charge in [0.05, 0.1) is 16.2 Å². The number of aromatic amines is 1. The first-order valence-electron chi connectivity index (χ1n) is 6.01. The highest BCUT2D eigenvalue weighted by Gasteiger charge is 2.13. The predicted octanol–water partition coefficient (Wildman–Crippen LogP) is 3.20. The lowest BCUT2D eigenvalue weighted by atomic mass is 10.0. The highest BCUT2D eigenvalue weighted by Crippen LogP contribution is 2.34. The lowest BCUT2D eigenvalue weighted by Gasteiger charge is -2.11. The first kappa shape index (κ1) is 13.1. The number of halogens is 1. The SMILES string of the molecule is COc1ccc2ccccc2c1-c1ncc(I)c(=O)[nH]1. The van der Waals surface area contributed by atoms with E-state index in [0.29, 0.717) is 15.1 Å². The molecule has 0 aliphatic heterocycles. The molecule has 1 N–H and O–H groups in total. The van der Waals surface area contributed by atoms with Crippen LogP contribution in [-0.2, 0) is 0 Å². The van der Waals surface area contributed by atoms with Crippen molar-refractivity contribution in [3.8, 4) is 17.1 Å². The molecule has 0 saturated heterocycles. The minimum absolute atomic E-state index is 0.148. The van der Waals surface area contributed by atoms with Gasteiger partial charge in [0.2, 0.25) is 0 Å². The van der Waals surface area contributed by atoms with Crippen LogP contribution in [0.1, 0.15) is 0 Å². The Kier molecular flexibility index (Phi) is 3.43. The van der Waals surface area contributed by atoms with Crippen LogP contribution in [0.2, 0.25) is 0 Å². The summed E-state index contributed by atoms with van der Waals surface area (Å²) in [5.74, 6) is 1.21. The van der Waals surface area contributed by atoms with Crippen molar-refractivity contribution >= 4 is 33.4 Å². The summed E-state index contributed by atoms with van der Waals surface area (Å²) >= 11 is 1.96. The van der Waals surface area contributed by atoms with Gasteiger partial charge in [-0.3, -0.25) is 4.79 Å². The van der Waals surface area contributed by atoms with E-state index in [2.05, 4.69) is 9.97 Å². The first-order chi connectivity index (χ1) is 9.70. The maximum atomic E-state index is 11.8. The van der Waals surface area contributed by atoms with E-state index in [4.69, 9.17) is 4.74 Å². The Labute approximate surface area is 129 Å². The topological polar surface area (TPSA) is 55.0 Å². The third kappa shape index (κ3) is 2.18. The zero-order chi connectivity index (χ0) is 14.1. The molecule has 0 spiro atoms. The second-order valence-electron chi connectivity index (χ2n) is 4.27. The van der Waals surface area contributed by atoms with Crippen LogP contribution in [-0.4, -0.2) is 17.1 Å². The lowest BCUT2D eigenvalue weighted by Crippen LogP contribution is -2.11. The summed E-state index contributed by atoms with van der Waals surface area (Å²) in [6.07, 6.45) is 1.57. The molecule has 0 bridgehead atoms. The van der Waals surface area contributed by atoms with E-state index in [1.165, 1.54) is 0 Å². The fraction of sp³-hybridized carbons (Fsp3) is 0.0667. The van der Waals surface area contributed by atoms with Gasteiger partial charge in [0, 0.05) is 6.20 Å². The molecule has 1 aromatic heterocycles. The summed E-state index contributed by atoms with van der Waals surface area (Å²) in [4.78, 5) is 18.9. The van der Waals surface area contributed by atoms with E-state index in [-0.39, 0.29) is 5.56 Å². The van der Waals surface area contributed by atoms with Gasteiger partial charge in [0.25, 0.3) is 5.56 Å². The molecule has 0 saturated carbocycles. The van der Waals surface area contributed by atoms with E-state index < -0.39 is 0 Å². The van der Waals surface area contributed by atoms with Crippen LogP contribution in [0.5, 0.6) is 5.75 Å². The Morgan fingerprint density at radius 2 is 2.00 bits per heavy atom. The van der Waals surface area contributed by atoms with Crippen LogP contribution in [0.4, 0.5) is 0 Å². The van der Waals surface area contributed by atoms with Gasteiger partial charge in [-0.25, -0.2) is 4.98 Å². The maximum absolute atomic E-state index is 11.8. The molecular formula is C15H11IN2O2. The zero-order valence-corrected chi connectivity index (χ0v) is 12.8. The second-order valence-corrected chi connectivity index (χ2v) is 5.44. The molecule has 5 heteroatoms. The number of ether oxygens (including phenoxy) is 1. The van der Waals surface area contributed by atoms with Gasteiger partial charge >= 0.3 is 0 Å². The molecule has 0 amide bonds. The molecule has 0 fully saturated rings. The van der Waals surface area contributed by atoms with Crippen LogP contribution in [0.25, 0.3) is 22.2 Å². The van der Waals surface area contributed by atoms with Crippen molar-refractivity contribution in [1.82, 2.24) is 9.97 Å². The Balaban J connectivity index is 2.38. The Morgan fingerprint density at radius 1 is 1.20 bits per heavy atom. The van der Waals surface area contributed by atoms with E-state index in [0.717, 1.165) is 16.3 Å². The molecule has 0 radical (unpaired) electrons. The number of fused-ring (bicyclic) bond motifs is 1.